The lowest BCUT2D eigenvalue weighted by molar-refractivity contribution is -0.686. The fourth-order valence-corrected chi connectivity index (χ4v) is 0.243. The summed E-state index contributed by atoms with van der Waals surface area (Å²) in [4.78, 5) is 3.47. The summed E-state index contributed by atoms with van der Waals surface area (Å²) >= 11 is 0. The van der Waals surface area contributed by atoms with Crippen LogP contribution < -0.4 is 5.26 Å². The van der Waals surface area contributed by atoms with Gasteiger partial charge in [0.2, 0.25) is 0 Å². The van der Waals surface area contributed by atoms with E-state index >= 15 is 0 Å². The third-order valence-electron chi connectivity index (χ3n) is 0.523. The van der Waals surface area contributed by atoms with Crippen molar-refractivity contribution in [3.8, 4) is 0 Å². The van der Waals surface area contributed by atoms with Gasteiger partial charge in [-0.2, -0.15) is 0 Å². The van der Waals surface area contributed by atoms with Crippen LogP contribution >= 0.6 is 0 Å². The van der Waals surface area contributed by atoms with Crippen LogP contribution in [0.2, 0.25) is 0 Å². The molecule has 8 heavy (non-hydrogen) atoms. The van der Waals surface area contributed by atoms with E-state index in [2.05, 4.69) is 4.89 Å². The zero-order valence-corrected chi connectivity index (χ0v) is 4.79. The van der Waals surface area contributed by atoms with Gasteiger partial charge in [0.15, 0.2) is 0 Å². The van der Waals surface area contributed by atoms with Gasteiger partial charge in [0, 0.05) is 0 Å². The van der Waals surface area contributed by atoms with Gasteiger partial charge in [-0.25, -0.2) is 0 Å². The van der Waals surface area contributed by atoms with E-state index in [-0.39, 0.29) is 6.61 Å². The summed E-state index contributed by atoms with van der Waals surface area (Å²) < 4.78 is 4.74. The van der Waals surface area contributed by atoms with Gasteiger partial charge in [0.05, 0.1) is 19.5 Å². The van der Waals surface area contributed by atoms with Gasteiger partial charge in [-0.15, -0.1) is 0 Å². The Balaban J connectivity index is 2.83. The summed E-state index contributed by atoms with van der Waals surface area (Å²) in [7, 11) is 0. The van der Waals surface area contributed by atoms with E-state index in [0.717, 1.165) is 0 Å². The molecular formula is C5H9O3-. The Kier molecular flexibility index (Phi) is 6.02. The first-order chi connectivity index (χ1) is 3.91. The number of rotatable bonds is 4. The van der Waals surface area contributed by atoms with E-state index in [1.54, 1.807) is 0 Å². The van der Waals surface area contributed by atoms with Crippen molar-refractivity contribution in [1.82, 2.24) is 0 Å². The van der Waals surface area contributed by atoms with E-state index in [4.69, 9.17) is 4.74 Å². The van der Waals surface area contributed by atoms with Crippen molar-refractivity contribution in [2.75, 3.05) is 13.2 Å². The maximum atomic E-state index is 9.29. The number of hydrogen-bond donors (Lipinski definition) is 0. The van der Waals surface area contributed by atoms with Crippen molar-refractivity contribution in [3.63, 3.8) is 0 Å². The van der Waals surface area contributed by atoms with E-state index in [9.17, 15) is 5.26 Å². The van der Waals surface area contributed by atoms with Gasteiger partial charge in [-0.3, -0.25) is 0 Å². The van der Waals surface area contributed by atoms with Crippen LogP contribution in [0, 0.1) is 0 Å². The fourth-order valence-electron chi connectivity index (χ4n) is 0.243. The molecule has 0 aromatic carbocycles. The molecule has 0 bridgehead atoms. The smallest absolute Gasteiger partial charge is 0.0845 e. The molecule has 0 aromatic heterocycles. The highest BCUT2D eigenvalue weighted by atomic mass is 17.1. The third-order valence-corrected chi connectivity index (χ3v) is 0.523. The second-order valence-corrected chi connectivity index (χ2v) is 1.11. The molecule has 0 saturated heterocycles. The summed E-state index contributed by atoms with van der Waals surface area (Å²) in [5, 5.41) is 9.29. The standard InChI is InChI=1S/C5H10O3/c1-2-7-4-3-5-8-6/h3-4,6H,2,5H2,1H3/p-1/b4-3+. The molecule has 0 amide bonds. The highest BCUT2D eigenvalue weighted by Gasteiger charge is 1.67. The fraction of sp³-hybridized carbons (Fsp3) is 0.600. The number of hydrogen-bond acceptors (Lipinski definition) is 3. The highest BCUT2D eigenvalue weighted by molar-refractivity contribution is 4.71. The van der Waals surface area contributed by atoms with Gasteiger partial charge >= 0.3 is 0 Å². The van der Waals surface area contributed by atoms with Crippen LogP contribution in [0.5, 0.6) is 0 Å². The van der Waals surface area contributed by atoms with Crippen LogP contribution in [0.3, 0.4) is 0 Å². The maximum absolute atomic E-state index is 9.29. The molecule has 0 aliphatic rings. The topological polar surface area (TPSA) is 41.5 Å². The molecule has 48 valence electrons. The van der Waals surface area contributed by atoms with E-state index in [1.807, 2.05) is 6.92 Å². The van der Waals surface area contributed by atoms with Gasteiger partial charge in [-0.05, 0) is 13.0 Å². The molecule has 0 saturated carbocycles. The highest BCUT2D eigenvalue weighted by Crippen LogP contribution is 1.74. The molecular weight excluding hydrogens is 108 g/mol. The average molecular weight is 117 g/mol. The summed E-state index contributed by atoms with van der Waals surface area (Å²) in [5.74, 6) is 0. The van der Waals surface area contributed by atoms with E-state index in [0.29, 0.717) is 6.61 Å². The van der Waals surface area contributed by atoms with E-state index in [1.165, 1.54) is 12.3 Å². The van der Waals surface area contributed by atoms with Crippen LogP contribution in [0.4, 0.5) is 0 Å². The molecule has 0 unspecified atom stereocenters. The molecule has 0 N–H and O–H groups in total. The Morgan fingerprint density at radius 1 is 1.62 bits per heavy atom. The van der Waals surface area contributed by atoms with Crippen molar-refractivity contribution in [2.24, 2.45) is 0 Å². The molecule has 0 spiro atoms. The lowest BCUT2D eigenvalue weighted by Crippen LogP contribution is -2.03. The molecule has 0 aliphatic heterocycles. The molecule has 0 aromatic rings. The third kappa shape index (κ3) is 5.46. The predicted octanol–water partition coefficient (Wildman–Crippen LogP) is -0.171. The van der Waals surface area contributed by atoms with Gasteiger partial charge < -0.3 is 14.9 Å². The molecule has 3 nitrogen and oxygen atoms in total. The van der Waals surface area contributed by atoms with Crippen LogP contribution in [0.15, 0.2) is 12.3 Å². The van der Waals surface area contributed by atoms with Crippen LogP contribution in [0.25, 0.3) is 0 Å². The second kappa shape index (κ2) is 6.46. The average Bonchev–Trinajstić information content (AvgIpc) is 1.81. The Morgan fingerprint density at radius 3 is 2.88 bits per heavy atom. The first kappa shape index (κ1) is 7.46. The minimum absolute atomic E-state index is 0.0694. The van der Waals surface area contributed by atoms with Crippen molar-refractivity contribution in [3.05, 3.63) is 12.3 Å². The summed E-state index contributed by atoms with van der Waals surface area (Å²) in [5.41, 5.74) is 0. The van der Waals surface area contributed by atoms with E-state index < -0.39 is 0 Å². The van der Waals surface area contributed by atoms with Crippen molar-refractivity contribution >= 4 is 0 Å². The van der Waals surface area contributed by atoms with Crippen LogP contribution in [0.1, 0.15) is 6.92 Å². The SMILES string of the molecule is CCO/C=C/CO[O-]. The van der Waals surface area contributed by atoms with Crippen molar-refractivity contribution in [2.45, 2.75) is 6.92 Å². The molecule has 0 aliphatic carbocycles. The Hall–Kier alpha value is -0.540. The summed E-state index contributed by atoms with van der Waals surface area (Å²) in [6.07, 6.45) is 2.95. The first-order valence-corrected chi connectivity index (χ1v) is 2.43. The van der Waals surface area contributed by atoms with Gasteiger partial charge in [0.25, 0.3) is 0 Å². The molecule has 0 radical (unpaired) electrons. The zero-order valence-electron chi connectivity index (χ0n) is 4.79. The first-order valence-electron chi connectivity index (χ1n) is 2.43. The Labute approximate surface area is 48.5 Å². The lowest BCUT2D eigenvalue weighted by Gasteiger charge is -1.99. The molecule has 3 heteroatoms. The molecule has 0 rings (SSSR count). The van der Waals surface area contributed by atoms with Crippen LogP contribution in [-0.4, -0.2) is 13.2 Å². The van der Waals surface area contributed by atoms with Crippen molar-refractivity contribution in [1.29, 1.82) is 0 Å². The van der Waals surface area contributed by atoms with Crippen molar-refractivity contribution < 1.29 is 14.9 Å². The lowest BCUT2D eigenvalue weighted by atomic mass is 10.7. The minimum Gasteiger partial charge on any atom is -0.723 e. The molecule has 0 heterocycles. The van der Waals surface area contributed by atoms with Crippen LogP contribution in [-0.2, 0) is 9.62 Å². The van der Waals surface area contributed by atoms with Gasteiger partial charge in [0.1, 0.15) is 0 Å². The Bertz CT molecular complexity index is 52.7. The normalized spacial score (nSPS) is 10.2. The maximum Gasteiger partial charge on any atom is 0.0845 e. The summed E-state index contributed by atoms with van der Waals surface area (Å²) in [6.45, 7) is 2.55. The Morgan fingerprint density at radius 2 is 2.38 bits per heavy atom. The predicted molar refractivity (Wildman–Crippen MR) is 26.7 cm³/mol. The summed E-state index contributed by atoms with van der Waals surface area (Å²) in [6, 6.07) is 0. The monoisotopic (exact) mass is 117 g/mol. The quantitative estimate of drug-likeness (QED) is 0.291. The largest absolute Gasteiger partial charge is 0.723 e. The number of ether oxygens (including phenoxy) is 1. The zero-order chi connectivity index (χ0) is 6.24. The molecule has 0 fully saturated rings. The molecule has 0 atom stereocenters. The van der Waals surface area contributed by atoms with Gasteiger partial charge in [-0.1, -0.05) is 0 Å². The minimum atomic E-state index is 0.0694. The second-order valence-electron chi connectivity index (χ2n) is 1.11.